The molecule has 0 fully saturated rings. The minimum absolute atomic E-state index is 0.171. The van der Waals surface area contributed by atoms with Crippen LogP contribution in [0.25, 0.3) is 0 Å². The highest BCUT2D eigenvalue weighted by atomic mass is 35.5. The molecule has 3 aromatic carbocycles. The summed E-state index contributed by atoms with van der Waals surface area (Å²) in [6.45, 7) is 6.76. The summed E-state index contributed by atoms with van der Waals surface area (Å²) in [5.41, 5.74) is 3.04. The fraction of sp³-hybridized carbons (Fsp3) is 0.310. The Labute approximate surface area is 213 Å². The average Bonchev–Trinajstić information content (AvgIpc) is 2.85. The number of carbonyl (C=O) groups excluding carboxylic acids is 2. The van der Waals surface area contributed by atoms with Gasteiger partial charge in [-0.25, -0.2) is 0 Å². The number of hydrogen-bond acceptors (Lipinski definition) is 3. The largest absolute Gasteiger partial charge is 0.484 e. The second-order valence-corrected chi connectivity index (χ2v) is 9.53. The van der Waals surface area contributed by atoms with E-state index in [4.69, 9.17) is 16.3 Å². The number of hydrogen-bond donors (Lipinski definition) is 1. The molecule has 0 saturated carbocycles. The highest BCUT2D eigenvalue weighted by Gasteiger charge is 2.30. The van der Waals surface area contributed by atoms with E-state index >= 15 is 0 Å². The first-order valence-electron chi connectivity index (χ1n) is 11.9. The molecule has 0 aliphatic heterocycles. The van der Waals surface area contributed by atoms with Gasteiger partial charge in [-0.15, -0.1) is 0 Å². The molecule has 0 aliphatic carbocycles. The summed E-state index contributed by atoms with van der Waals surface area (Å²) in [5, 5.41) is 3.62. The molecule has 3 aromatic rings. The van der Waals surface area contributed by atoms with Crippen molar-refractivity contribution < 1.29 is 14.3 Å². The fourth-order valence-electron chi connectivity index (χ4n) is 3.74. The normalized spacial score (nSPS) is 11.7. The molecule has 0 radical (unpaired) electrons. The van der Waals surface area contributed by atoms with Crippen molar-refractivity contribution in [3.8, 4) is 5.75 Å². The second kappa shape index (κ2) is 13.0. The molecule has 35 heavy (non-hydrogen) atoms. The van der Waals surface area contributed by atoms with Gasteiger partial charge in [0.25, 0.3) is 5.91 Å². The molecule has 2 amide bonds. The number of nitrogens with one attached hydrogen (secondary N) is 1. The molecule has 1 N–H and O–H groups in total. The van der Waals surface area contributed by atoms with Crippen molar-refractivity contribution in [2.75, 3.05) is 13.2 Å². The molecule has 3 rings (SSSR count). The first kappa shape index (κ1) is 26.3. The summed E-state index contributed by atoms with van der Waals surface area (Å²) in [6, 6.07) is 23.9. The Morgan fingerprint density at radius 2 is 1.63 bits per heavy atom. The average molecular weight is 493 g/mol. The van der Waals surface area contributed by atoms with Crippen molar-refractivity contribution >= 4 is 23.4 Å². The van der Waals surface area contributed by atoms with Crippen LogP contribution in [0.1, 0.15) is 30.5 Å². The van der Waals surface area contributed by atoms with Crippen molar-refractivity contribution in [2.45, 2.75) is 39.8 Å². The Balaban J connectivity index is 1.89. The van der Waals surface area contributed by atoms with Gasteiger partial charge in [0.1, 0.15) is 11.8 Å². The Bertz CT molecular complexity index is 1100. The number of carbonyl (C=O) groups is 2. The van der Waals surface area contributed by atoms with Crippen molar-refractivity contribution in [3.05, 3.63) is 101 Å². The van der Waals surface area contributed by atoms with Gasteiger partial charge >= 0.3 is 0 Å². The molecular formula is C29H33ClN2O3. The number of amides is 2. The van der Waals surface area contributed by atoms with Crippen molar-refractivity contribution in [1.29, 1.82) is 0 Å². The quantitative estimate of drug-likeness (QED) is 0.387. The molecular weight excluding hydrogens is 460 g/mol. The van der Waals surface area contributed by atoms with E-state index < -0.39 is 6.04 Å². The van der Waals surface area contributed by atoms with E-state index in [2.05, 4.69) is 5.32 Å². The van der Waals surface area contributed by atoms with Gasteiger partial charge in [-0.1, -0.05) is 85.6 Å². The van der Waals surface area contributed by atoms with Gasteiger partial charge in [-0.2, -0.15) is 0 Å². The lowest BCUT2D eigenvalue weighted by molar-refractivity contribution is -0.142. The molecule has 0 aromatic heterocycles. The van der Waals surface area contributed by atoms with E-state index in [0.717, 1.165) is 16.7 Å². The lowest BCUT2D eigenvalue weighted by Crippen LogP contribution is -2.52. The summed E-state index contributed by atoms with van der Waals surface area (Å²) >= 11 is 5.96. The van der Waals surface area contributed by atoms with Gasteiger partial charge in [0.05, 0.1) is 0 Å². The number of aryl methyl sites for hydroxylation is 1. The molecule has 0 spiro atoms. The zero-order valence-corrected chi connectivity index (χ0v) is 21.3. The smallest absolute Gasteiger partial charge is 0.261 e. The number of nitrogens with zero attached hydrogens (tertiary/aromatic N) is 1. The van der Waals surface area contributed by atoms with Crippen LogP contribution in [0.4, 0.5) is 0 Å². The van der Waals surface area contributed by atoms with Gasteiger partial charge in [0, 0.05) is 24.5 Å². The van der Waals surface area contributed by atoms with Gasteiger partial charge in [-0.05, 0) is 48.2 Å². The van der Waals surface area contributed by atoms with Crippen LogP contribution in [-0.4, -0.2) is 35.9 Å². The van der Waals surface area contributed by atoms with E-state index in [9.17, 15) is 9.59 Å². The Kier molecular flexibility index (Phi) is 9.74. The molecule has 0 bridgehead atoms. The maximum Gasteiger partial charge on any atom is 0.261 e. The molecule has 1 atom stereocenters. The summed E-state index contributed by atoms with van der Waals surface area (Å²) < 4.78 is 5.76. The number of ether oxygens (including phenoxy) is 1. The molecule has 184 valence electrons. The van der Waals surface area contributed by atoms with Crippen LogP contribution in [0.5, 0.6) is 5.75 Å². The van der Waals surface area contributed by atoms with Crippen LogP contribution < -0.4 is 10.1 Å². The topological polar surface area (TPSA) is 58.6 Å². The predicted octanol–water partition coefficient (Wildman–Crippen LogP) is 5.44. The predicted molar refractivity (Wildman–Crippen MR) is 140 cm³/mol. The highest BCUT2D eigenvalue weighted by Crippen LogP contribution is 2.18. The maximum atomic E-state index is 13.5. The summed E-state index contributed by atoms with van der Waals surface area (Å²) in [5.74, 6) is 0.407. The zero-order chi connectivity index (χ0) is 25.2. The fourth-order valence-corrected chi connectivity index (χ4v) is 3.87. The molecule has 6 heteroatoms. The van der Waals surface area contributed by atoms with Crippen LogP contribution in [-0.2, 0) is 22.6 Å². The Hall–Kier alpha value is -3.31. The third kappa shape index (κ3) is 8.45. The van der Waals surface area contributed by atoms with Crippen molar-refractivity contribution in [3.63, 3.8) is 0 Å². The van der Waals surface area contributed by atoms with Gasteiger partial charge in [0.15, 0.2) is 6.61 Å². The highest BCUT2D eigenvalue weighted by molar-refractivity contribution is 6.30. The van der Waals surface area contributed by atoms with Crippen LogP contribution >= 0.6 is 11.6 Å². The number of halogens is 1. The van der Waals surface area contributed by atoms with Crippen LogP contribution in [0.2, 0.25) is 5.02 Å². The standard InChI is InChI=1S/C29H33ClN2O3/c1-21(2)18-31-29(34)27(17-23-9-5-4-6-10-23)32(19-24-11-7-8-22(3)16-24)28(33)20-35-26-14-12-25(30)13-15-26/h4-16,21,27H,17-20H2,1-3H3,(H,31,34). The molecule has 5 nitrogen and oxygen atoms in total. The third-order valence-corrected chi connectivity index (χ3v) is 5.82. The summed E-state index contributed by atoms with van der Waals surface area (Å²) in [7, 11) is 0. The van der Waals surface area contributed by atoms with E-state index in [1.807, 2.05) is 75.4 Å². The third-order valence-electron chi connectivity index (χ3n) is 5.57. The Morgan fingerprint density at radius 3 is 2.29 bits per heavy atom. The lowest BCUT2D eigenvalue weighted by Gasteiger charge is -2.31. The minimum Gasteiger partial charge on any atom is -0.484 e. The van der Waals surface area contributed by atoms with Gasteiger partial charge < -0.3 is 15.0 Å². The van der Waals surface area contributed by atoms with Crippen molar-refractivity contribution in [2.24, 2.45) is 5.92 Å². The summed E-state index contributed by atoms with van der Waals surface area (Å²) in [4.78, 5) is 28.6. The van der Waals surface area contributed by atoms with E-state index in [0.29, 0.717) is 36.2 Å². The monoisotopic (exact) mass is 492 g/mol. The molecule has 1 unspecified atom stereocenters. The van der Waals surface area contributed by atoms with Gasteiger partial charge in [0.2, 0.25) is 5.91 Å². The van der Waals surface area contributed by atoms with Crippen LogP contribution in [0.15, 0.2) is 78.9 Å². The zero-order valence-electron chi connectivity index (χ0n) is 20.5. The molecule has 0 aliphatic rings. The Morgan fingerprint density at radius 1 is 0.943 bits per heavy atom. The SMILES string of the molecule is Cc1cccc(CN(C(=O)COc2ccc(Cl)cc2)C(Cc2ccccc2)C(=O)NCC(C)C)c1. The van der Waals surface area contributed by atoms with E-state index in [-0.39, 0.29) is 18.4 Å². The summed E-state index contributed by atoms with van der Waals surface area (Å²) in [6.07, 6.45) is 0.406. The molecule has 0 saturated heterocycles. The number of rotatable bonds is 11. The van der Waals surface area contributed by atoms with Crippen molar-refractivity contribution in [1.82, 2.24) is 10.2 Å². The van der Waals surface area contributed by atoms with Gasteiger partial charge in [-0.3, -0.25) is 9.59 Å². The van der Waals surface area contributed by atoms with E-state index in [1.54, 1.807) is 29.2 Å². The number of benzene rings is 3. The molecule has 0 heterocycles. The lowest BCUT2D eigenvalue weighted by atomic mass is 10.0. The maximum absolute atomic E-state index is 13.5. The van der Waals surface area contributed by atoms with E-state index in [1.165, 1.54) is 0 Å². The minimum atomic E-state index is -0.682. The van der Waals surface area contributed by atoms with Crippen LogP contribution in [0.3, 0.4) is 0 Å². The first-order chi connectivity index (χ1) is 16.8. The first-order valence-corrected chi connectivity index (χ1v) is 12.2. The second-order valence-electron chi connectivity index (χ2n) is 9.10. The van der Waals surface area contributed by atoms with Crippen LogP contribution in [0, 0.1) is 12.8 Å².